The zero-order chi connectivity index (χ0) is 18.2. The minimum atomic E-state index is -3.57. The Morgan fingerprint density at radius 1 is 1.24 bits per heavy atom. The number of carbonyl (C=O) groups is 1. The lowest BCUT2D eigenvalue weighted by Gasteiger charge is -2.30. The summed E-state index contributed by atoms with van der Waals surface area (Å²) >= 11 is 0. The zero-order valence-corrected chi connectivity index (χ0v) is 15.8. The van der Waals surface area contributed by atoms with Crippen molar-refractivity contribution in [2.24, 2.45) is 5.92 Å². The fraction of sp³-hybridized carbons (Fsp3) is 0.556. The molecule has 136 valence electrons. The molecule has 0 atom stereocenters. The topological polar surface area (TPSA) is 72.3 Å². The maximum Gasteiger partial charge on any atom is 0.242 e. The van der Waals surface area contributed by atoms with Crippen LogP contribution in [0, 0.1) is 5.92 Å². The summed E-state index contributed by atoms with van der Waals surface area (Å²) in [6.07, 6.45) is 1.99. The molecule has 0 aliphatic carbocycles. The minimum absolute atomic E-state index is 0.0101. The number of benzene rings is 1. The fourth-order valence-electron chi connectivity index (χ4n) is 3.13. The van der Waals surface area contributed by atoms with Crippen molar-refractivity contribution in [1.29, 1.82) is 0 Å². The van der Waals surface area contributed by atoms with Crippen LogP contribution in [0.5, 0.6) is 0 Å². The Morgan fingerprint density at radius 2 is 1.88 bits per heavy atom. The second-order valence-corrected chi connectivity index (χ2v) is 9.52. The molecule has 6 nitrogen and oxygen atoms in total. The Kier molecular flexibility index (Phi) is 4.86. The Morgan fingerprint density at radius 3 is 2.52 bits per heavy atom. The van der Waals surface area contributed by atoms with Crippen LogP contribution in [-0.4, -0.2) is 47.1 Å². The second-order valence-electron chi connectivity index (χ2n) is 7.13. The molecular weight excluding hydrogens is 338 g/mol. The summed E-state index contributed by atoms with van der Waals surface area (Å²) in [5.74, 6) is 0.588. The van der Waals surface area contributed by atoms with Gasteiger partial charge in [0.1, 0.15) is 6.54 Å². The van der Waals surface area contributed by atoms with Gasteiger partial charge in [0.2, 0.25) is 20.9 Å². The Bertz CT molecular complexity index is 878. The molecule has 25 heavy (non-hydrogen) atoms. The highest BCUT2D eigenvalue weighted by molar-refractivity contribution is 7.91. The molecule has 0 unspecified atom stereocenters. The number of fused-ring (bicyclic) bond motifs is 1. The number of aromatic nitrogens is 2. The second kappa shape index (κ2) is 6.78. The number of piperidine rings is 1. The average molecular weight is 363 g/mol. The molecule has 2 aromatic rings. The molecule has 7 heteroatoms. The lowest BCUT2D eigenvalue weighted by atomic mass is 9.99. The third-order valence-electron chi connectivity index (χ3n) is 4.92. The van der Waals surface area contributed by atoms with E-state index in [1.165, 1.54) is 0 Å². The van der Waals surface area contributed by atoms with E-state index in [-0.39, 0.29) is 17.6 Å². The molecule has 1 fully saturated rings. The monoisotopic (exact) mass is 363 g/mol. The van der Waals surface area contributed by atoms with Crippen LogP contribution in [-0.2, 0) is 21.2 Å². The number of para-hydroxylation sites is 2. The van der Waals surface area contributed by atoms with Crippen molar-refractivity contribution in [2.45, 2.75) is 50.6 Å². The summed E-state index contributed by atoms with van der Waals surface area (Å²) in [5, 5.41) is -0.601. The van der Waals surface area contributed by atoms with E-state index in [1.807, 2.05) is 23.1 Å². The van der Waals surface area contributed by atoms with Gasteiger partial charge in [0.05, 0.1) is 16.3 Å². The van der Waals surface area contributed by atoms with Gasteiger partial charge in [-0.2, -0.15) is 0 Å². The average Bonchev–Trinajstić information content (AvgIpc) is 2.95. The SMILES string of the molecule is CC1CCN(C(=O)Cn2c(S(=O)(=O)C(C)C)nc3ccccc32)CC1. The number of likely N-dealkylation sites (tertiary alicyclic amines) is 1. The quantitative estimate of drug-likeness (QED) is 0.836. The highest BCUT2D eigenvalue weighted by Gasteiger charge is 2.29. The smallest absolute Gasteiger partial charge is 0.242 e. The van der Waals surface area contributed by atoms with E-state index in [0.717, 1.165) is 25.9 Å². The molecule has 1 aliphatic heterocycles. The third-order valence-corrected chi connectivity index (χ3v) is 6.99. The fourth-order valence-corrected chi connectivity index (χ4v) is 4.24. The first-order chi connectivity index (χ1) is 11.8. The van der Waals surface area contributed by atoms with Gasteiger partial charge in [0.15, 0.2) is 0 Å². The van der Waals surface area contributed by atoms with Gasteiger partial charge in [0, 0.05) is 13.1 Å². The molecule has 2 heterocycles. The van der Waals surface area contributed by atoms with Crippen LogP contribution in [0.2, 0.25) is 0 Å². The van der Waals surface area contributed by atoms with Crippen LogP contribution in [0.25, 0.3) is 11.0 Å². The highest BCUT2D eigenvalue weighted by Crippen LogP contribution is 2.23. The van der Waals surface area contributed by atoms with Crippen LogP contribution in [0.4, 0.5) is 0 Å². The van der Waals surface area contributed by atoms with Crippen molar-refractivity contribution in [3.63, 3.8) is 0 Å². The molecule has 1 saturated heterocycles. The first-order valence-corrected chi connectivity index (χ1v) is 10.3. The van der Waals surface area contributed by atoms with E-state index in [9.17, 15) is 13.2 Å². The summed E-state index contributed by atoms with van der Waals surface area (Å²) in [6, 6.07) is 7.24. The van der Waals surface area contributed by atoms with Crippen molar-refractivity contribution >= 4 is 26.8 Å². The van der Waals surface area contributed by atoms with Crippen molar-refractivity contribution < 1.29 is 13.2 Å². The van der Waals surface area contributed by atoms with Gasteiger partial charge >= 0.3 is 0 Å². The van der Waals surface area contributed by atoms with Gasteiger partial charge < -0.3 is 9.47 Å². The number of rotatable bonds is 4. The molecule has 1 aliphatic rings. The van der Waals surface area contributed by atoms with Crippen LogP contribution < -0.4 is 0 Å². The van der Waals surface area contributed by atoms with E-state index in [4.69, 9.17) is 0 Å². The Labute approximate surface area is 148 Å². The van der Waals surface area contributed by atoms with Crippen LogP contribution in [0.3, 0.4) is 0 Å². The molecule has 0 saturated carbocycles. The predicted octanol–water partition coefficient (Wildman–Crippen LogP) is 2.48. The first-order valence-electron chi connectivity index (χ1n) is 8.77. The largest absolute Gasteiger partial charge is 0.341 e. The number of nitrogens with zero attached hydrogens (tertiary/aromatic N) is 3. The molecular formula is C18H25N3O3S. The van der Waals surface area contributed by atoms with Crippen molar-refractivity contribution in [3.8, 4) is 0 Å². The van der Waals surface area contributed by atoms with E-state index >= 15 is 0 Å². The lowest BCUT2D eigenvalue weighted by Crippen LogP contribution is -2.40. The summed E-state index contributed by atoms with van der Waals surface area (Å²) in [5.41, 5.74) is 1.28. The normalized spacial score (nSPS) is 16.7. The molecule has 0 radical (unpaired) electrons. The van der Waals surface area contributed by atoms with Gasteiger partial charge in [-0.05, 0) is 44.7 Å². The van der Waals surface area contributed by atoms with E-state index in [1.54, 1.807) is 24.5 Å². The number of hydrogen-bond acceptors (Lipinski definition) is 4. The zero-order valence-electron chi connectivity index (χ0n) is 15.0. The molecule has 1 aromatic carbocycles. The van der Waals surface area contributed by atoms with Crippen LogP contribution in [0.15, 0.2) is 29.4 Å². The maximum atomic E-state index is 12.7. The molecule has 1 aromatic heterocycles. The van der Waals surface area contributed by atoms with Gasteiger partial charge in [0.25, 0.3) is 0 Å². The van der Waals surface area contributed by atoms with Gasteiger partial charge in [-0.3, -0.25) is 4.79 Å². The van der Waals surface area contributed by atoms with Gasteiger partial charge in [-0.1, -0.05) is 19.1 Å². The van der Waals surface area contributed by atoms with Crippen LogP contribution in [0.1, 0.15) is 33.6 Å². The third kappa shape index (κ3) is 3.42. The molecule has 1 amide bonds. The van der Waals surface area contributed by atoms with Crippen LogP contribution >= 0.6 is 0 Å². The summed E-state index contributed by atoms with van der Waals surface area (Å²) in [6.45, 7) is 6.94. The summed E-state index contributed by atoms with van der Waals surface area (Å²) in [4.78, 5) is 18.9. The number of imidazole rings is 1. The van der Waals surface area contributed by atoms with E-state index in [2.05, 4.69) is 11.9 Å². The standard InChI is InChI=1S/C18H25N3O3S/c1-13(2)25(23,24)18-19-15-6-4-5-7-16(15)21(18)12-17(22)20-10-8-14(3)9-11-20/h4-7,13-14H,8-12H2,1-3H3. The molecule has 0 N–H and O–H groups in total. The predicted molar refractivity (Wildman–Crippen MR) is 97.0 cm³/mol. The first kappa shape index (κ1) is 17.9. The molecule has 0 spiro atoms. The van der Waals surface area contributed by atoms with E-state index < -0.39 is 15.1 Å². The lowest BCUT2D eigenvalue weighted by molar-refractivity contribution is -0.133. The minimum Gasteiger partial charge on any atom is -0.341 e. The Balaban J connectivity index is 1.98. The number of amides is 1. The van der Waals surface area contributed by atoms with Crippen molar-refractivity contribution in [1.82, 2.24) is 14.5 Å². The van der Waals surface area contributed by atoms with E-state index in [0.29, 0.717) is 17.0 Å². The van der Waals surface area contributed by atoms with Gasteiger partial charge in [-0.15, -0.1) is 0 Å². The van der Waals surface area contributed by atoms with Gasteiger partial charge in [-0.25, -0.2) is 13.4 Å². The number of sulfone groups is 1. The number of hydrogen-bond donors (Lipinski definition) is 0. The summed E-state index contributed by atoms with van der Waals surface area (Å²) < 4.78 is 27.0. The highest BCUT2D eigenvalue weighted by atomic mass is 32.2. The molecule has 0 bridgehead atoms. The maximum absolute atomic E-state index is 12.7. The summed E-state index contributed by atoms with van der Waals surface area (Å²) in [7, 11) is -3.57. The van der Waals surface area contributed by atoms with Crippen molar-refractivity contribution in [2.75, 3.05) is 13.1 Å². The Hall–Kier alpha value is -1.89. The van der Waals surface area contributed by atoms with Crippen molar-refractivity contribution in [3.05, 3.63) is 24.3 Å². The number of carbonyl (C=O) groups excluding carboxylic acids is 1. The molecule has 3 rings (SSSR count).